The second-order valence-electron chi connectivity index (χ2n) is 4.49. The SMILES string of the molecule is CCNc1ncc(Br)cc1C(=O)Nc1ccc(Br)cc1C. The number of hydrogen-bond donors (Lipinski definition) is 2. The molecule has 2 aromatic rings. The lowest BCUT2D eigenvalue weighted by molar-refractivity contribution is 0.102. The lowest BCUT2D eigenvalue weighted by atomic mass is 10.2. The second kappa shape index (κ2) is 7.04. The van der Waals surface area contributed by atoms with Gasteiger partial charge in [0, 0.05) is 27.4 Å². The maximum Gasteiger partial charge on any atom is 0.259 e. The van der Waals surface area contributed by atoms with Crippen LogP contribution in [0.3, 0.4) is 0 Å². The molecule has 110 valence electrons. The molecule has 4 nitrogen and oxygen atoms in total. The van der Waals surface area contributed by atoms with E-state index in [9.17, 15) is 4.79 Å². The van der Waals surface area contributed by atoms with Crippen LogP contribution >= 0.6 is 31.9 Å². The van der Waals surface area contributed by atoms with E-state index in [0.717, 1.165) is 20.2 Å². The fourth-order valence-electron chi connectivity index (χ4n) is 1.88. The number of halogens is 2. The van der Waals surface area contributed by atoms with Crippen LogP contribution in [0, 0.1) is 6.92 Å². The van der Waals surface area contributed by atoms with Crippen LogP contribution in [0.1, 0.15) is 22.8 Å². The molecule has 0 unspecified atom stereocenters. The van der Waals surface area contributed by atoms with Gasteiger partial charge in [-0.2, -0.15) is 0 Å². The second-order valence-corrected chi connectivity index (χ2v) is 6.32. The zero-order valence-corrected chi connectivity index (χ0v) is 14.9. The summed E-state index contributed by atoms with van der Waals surface area (Å²) in [6.45, 7) is 4.61. The molecule has 0 aliphatic carbocycles. The molecule has 2 N–H and O–H groups in total. The minimum Gasteiger partial charge on any atom is -0.370 e. The third-order valence-electron chi connectivity index (χ3n) is 2.88. The Kier molecular flexibility index (Phi) is 5.36. The number of carbonyl (C=O) groups is 1. The van der Waals surface area contributed by atoms with Gasteiger partial charge in [0.05, 0.1) is 5.56 Å². The number of aromatic nitrogens is 1. The number of amides is 1. The van der Waals surface area contributed by atoms with Crippen molar-refractivity contribution in [1.82, 2.24) is 4.98 Å². The Morgan fingerprint density at radius 3 is 2.67 bits per heavy atom. The van der Waals surface area contributed by atoms with E-state index in [1.54, 1.807) is 12.3 Å². The molecule has 1 amide bonds. The number of aryl methyl sites for hydroxylation is 1. The quantitative estimate of drug-likeness (QED) is 0.771. The minimum absolute atomic E-state index is 0.190. The highest BCUT2D eigenvalue weighted by molar-refractivity contribution is 9.10. The molecule has 1 aromatic heterocycles. The van der Waals surface area contributed by atoms with E-state index in [2.05, 4.69) is 47.5 Å². The van der Waals surface area contributed by atoms with Gasteiger partial charge in [-0.15, -0.1) is 0 Å². The number of nitrogens with one attached hydrogen (secondary N) is 2. The molecule has 0 bridgehead atoms. The van der Waals surface area contributed by atoms with Crippen molar-refractivity contribution in [3.63, 3.8) is 0 Å². The van der Waals surface area contributed by atoms with E-state index in [0.29, 0.717) is 17.9 Å². The van der Waals surface area contributed by atoms with Crippen molar-refractivity contribution in [3.05, 3.63) is 50.5 Å². The Morgan fingerprint density at radius 1 is 1.24 bits per heavy atom. The molecular weight excluding hydrogens is 398 g/mol. The van der Waals surface area contributed by atoms with Gasteiger partial charge in [0.1, 0.15) is 5.82 Å². The van der Waals surface area contributed by atoms with Crippen LogP contribution in [0.5, 0.6) is 0 Å². The molecule has 0 atom stereocenters. The van der Waals surface area contributed by atoms with E-state index < -0.39 is 0 Å². The summed E-state index contributed by atoms with van der Waals surface area (Å²) >= 11 is 6.76. The Morgan fingerprint density at radius 2 is 2.00 bits per heavy atom. The van der Waals surface area contributed by atoms with E-state index in [-0.39, 0.29) is 5.91 Å². The summed E-state index contributed by atoms with van der Waals surface area (Å²) in [5.74, 6) is 0.387. The van der Waals surface area contributed by atoms with Gasteiger partial charge >= 0.3 is 0 Å². The molecule has 0 radical (unpaired) electrons. The Hall–Kier alpha value is -1.40. The van der Waals surface area contributed by atoms with Gasteiger partial charge in [-0.25, -0.2) is 4.98 Å². The lowest BCUT2D eigenvalue weighted by Gasteiger charge is -2.12. The average Bonchev–Trinajstić information content (AvgIpc) is 2.44. The predicted octanol–water partition coefficient (Wildman–Crippen LogP) is 4.60. The molecule has 0 saturated heterocycles. The molecule has 0 fully saturated rings. The first-order chi connectivity index (χ1) is 10.0. The number of anilines is 2. The molecule has 1 heterocycles. The largest absolute Gasteiger partial charge is 0.370 e. The molecule has 0 saturated carbocycles. The summed E-state index contributed by atoms with van der Waals surface area (Å²) in [7, 11) is 0. The maximum atomic E-state index is 12.5. The predicted molar refractivity (Wildman–Crippen MR) is 92.9 cm³/mol. The van der Waals surface area contributed by atoms with Crippen molar-refractivity contribution in [1.29, 1.82) is 0 Å². The Bertz CT molecular complexity index is 674. The van der Waals surface area contributed by atoms with Crippen LogP contribution in [0.25, 0.3) is 0 Å². The van der Waals surface area contributed by atoms with Crippen LogP contribution in [0.2, 0.25) is 0 Å². The topological polar surface area (TPSA) is 54.0 Å². The summed E-state index contributed by atoms with van der Waals surface area (Å²) in [6, 6.07) is 7.48. The summed E-state index contributed by atoms with van der Waals surface area (Å²) in [6.07, 6.45) is 1.67. The lowest BCUT2D eigenvalue weighted by Crippen LogP contribution is -2.16. The molecule has 2 rings (SSSR count). The van der Waals surface area contributed by atoms with Gasteiger partial charge < -0.3 is 10.6 Å². The number of rotatable bonds is 4. The van der Waals surface area contributed by atoms with Crippen LogP contribution < -0.4 is 10.6 Å². The van der Waals surface area contributed by atoms with Crippen LogP contribution in [0.15, 0.2) is 39.4 Å². The molecule has 0 spiro atoms. The highest BCUT2D eigenvalue weighted by Crippen LogP contribution is 2.23. The normalized spacial score (nSPS) is 10.3. The molecule has 1 aromatic carbocycles. The van der Waals surface area contributed by atoms with E-state index in [4.69, 9.17) is 0 Å². The van der Waals surface area contributed by atoms with Crippen LogP contribution in [-0.4, -0.2) is 17.4 Å². The zero-order valence-electron chi connectivity index (χ0n) is 11.7. The van der Waals surface area contributed by atoms with Crippen molar-refractivity contribution >= 4 is 49.3 Å². The van der Waals surface area contributed by atoms with Gasteiger partial charge in [0.2, 0.25) is 0 Å². The smallest absolute Gasteiger partial charge is 0.259 e. The summed E-state index contributed by atoms with van der Waals surface area (Å²) in [4.78, 5) is 16.7. The van der Waals surface area contributed by atoms with Gasteiger partial charge in [0.25, 0.3) is 5.91 Å². The molecule has 0 aliphatic rings. The van der Waals surface area contributed by atoms with Gasteiger partial charge in [0.15, 0.2) is 0 Å². The van der Waals surface area contributed by atoms with Gasteiger partial charge in [-0.1, -0.05) is 15.9 Å². The fourth-order valence-corrected chi connectivity index (χ4v) is 2.68. The first-order valence-corrected chi connectivity index (χ1v) is 8.06. The monoisotopic (exact) mass is 411 g/mol. The summed E-state index contributed by atoms with van der Waals surface area (Å²) in [5, 5.41) is 6.01. The molecule has 0 aliphatic heterocycles. The average molecular weight is 413 g/mol. The Balaban J connectivity index is 2.29. The number of carbonyl (C=O) groups excluding carboxylic acids is 1. The molecule has 6 heteroatoms. The summed E-state index contributed by atoms with van der Waals surface area (Å²) in [5.41, 5.74) is 2.28. The zero-order chi connectivity index (χ0) is 15.4. The van der Waals surface area contributed by atoms with Crippen molar-refractivity contribution in [2.45, 2.75) is 13.8 Å². The standard InChI is InChI=1S/C15H15Br2N3O/c1-3-18-14-12(7-11(17)8-19-14)15(21)20-13-5-4-10(16)6-9(13)2/h4-8H,3H2,1-2H3,(H,18,19)(H,20,21). The third kappa shape index (κ3) is 4.04. The highest BCUT2D eigenvalue weighted by atomic mass is 79.9. The highest BCUT2D eigenvalue weighted by Gasteiger charge is 2.14. The number of benzene rings is 1. The third-order valence-corrected chi connectivity index (χ3v) is 3.81. The van der Waals surface area contributed by atoms with Gasteiger partial charge in [-0.3, -0.25) is 4.79 Å². The fraction of sp³-hybridized carbons (Fsp3) is 0.200. The van der Waals surface area contributed by atoms with Crippen LogP contribution in [-0.2, 0) is 0 Å². The summed E-state index contributed by atoms with van der Waals surface area (Å²) < 4.78 is 1.75. The Labute approximate surface area is 140 Å². The number of nitrogens with zero attached hydrogens (tertiary/aromatic N) is 1. The molecular formula is C15H15Br2N3O. The number of hydrogen-bond acceptors (Lipinski definition) is 3. The van der Waals surface area contributed by atoms with Crippen LogP contribution in [0.4, 0.5) is 11.5 Å². The molecule has 21 heavy (non-hydrogen) atoms. The first-order valence-electron chi connectivity index (χ1n) is 6.48. The minimum atomic E-state index is -0.190. The van der Waals surface area contributed by atoms with E-state index in [1.807, 2.05) is 32.0 Å². The van der Waals surface area contributed by atoms with Gasteiger partial charge in [-0.05, 0) is 59.6 Å². The van der Waals surface area contributed by atoms with Crippen molar-refractivity contribution in [2.75, 3.05) is 17.2 Å². The van der Waals surface area contributed by atoms with E-state index >= 15 is 0 Å². The van der Waals surface area contributed by atoms with Crippen molar-refractivity contribution < 1.29 is 4.79 Å². The maximum absolute atomic E-state index is 12.5. The first kappa shape index (κ1) is 16.0. The van der Waals surface area contributed by atoms with Crippen molar-refractivity contribution in [3.8, 4) is 0 Å². The number of pyridine rings is 1. The van der Waals surface area contributed by atoms with Crippen molar-refractivity contribution in [2.24, 2.45) is 0 Å². The van der Waals surface area contributed by atoms with E-state index in [1.165, 1.54) is 0 Å².